The third kappa shape index (κ3) is 2.22. The van der Waals surface area contributed by atoms with Crippen molar-refractivity contribution in [2.75, 3.05) is 7.05 Å². The van der Waals surface area contributed by atoms with Gasteiger partial charge in [0.05, 0.1) is 5.02 Å². The Bertz CT molecular complexity index is 275. The van der Waals surface area contributed by atoms with Crippen molar-refractivity contribution in [1.82, 2.24) is 5.32 Å². The molecule has 12 heavy (non-hydrogen) atoms. The monoisotopic (exact) mass is 247 g/mol. The van der Waals surface area contributed by atoms with Gasteiger partial charge in [0.2, 0.25) is 0 Å². The Balaban J connectivity index is 2.96. The van der Waals surface area contributed by atoms with Gasteiger partial charge >= 0.3 is 0 Å². The number of nitrogens with one attached hydrogen (secondary N) is 1. The van der Waals surface area contributed by atoms with E-state index in [-0.39, 0.29) is 0 Å². The minimum absolute atomic E-state index is 0.343. The van der Waals surface area contributed by atoms with Gasteiger partial charge in [-0.15, -0.1) is 0 Å². The highest BCUT2D eigenvalue weighted by Gasteiger charge is 2.04. The summed E-state index contributed by atoms with van der Waals surface area (Å²) in [6.45, 7) is 2.10. The fourth-order valence-electron chi connectivity index (χ4n) is 0.948. The normalized spacial score (nSPS) is 13.0. The van der Waals surface area contributed by atoms with Crippen LogP contribution in [0.3, 0.4) is 0 Å². The van der Waals surface area contributed by atoms with Gasteiger partial charge in [0.15, 0.2) is 0 Å². The van der Waals surface area contributed by atoms with Crippen LogP contribution in [0, 0.1) is 0 Å². The largest absolute Gasteiger partial charge is 0.313 e. The molecule has 0 fully saturated rings. The second kappa shape index (κ2) is 4.26. The Morgan fingerprint density at radius 3 is 2.67 bits per heavy atom. The van der Waals surface area contributed by atoms with Crippen molar-refractivity contribution < 1.29 is 0 Å². The van der Waals surface area contributed by atoms with Crippen molar-refractivity contribution in [3.05, 3.63) is 33.3 Å². The minimum atomic E-state index is 0.343. The summed E-state index contributed by atoms with van der Waals surface area (Å²) in [5.74, 6) is 0. The van der Waals surface area contributed by atoms with Gasteiger partial charge in [0, 0.05) is 10.5 Å². The zero-order chi connectivity index (χ0) is 9.14. The first kappa shape index (κ1) is 10.0. The zero-order valence-corrected chi connectivity index (χ0v) is 9.41. The maximum absolute atomic E-state index is 5.94. The summed E-state index contributed by atoms with van der Waals surface area (Å²) in [5.41, 5.74) is 1.20. The number of hydrogen-bond donors (Lipinski definition) is 1. The van der Waals surface area contributed by atoms with Gasteiger partial charge in [-0.1, -0.05) is 17.7 Å². The van der Waals surface area contributed by atoms with Crippen molar-refractivity contribution in [1.29, 1.82) is 0 Å². The Morgan fingerprint density at radius 2 is 2.17 bits per heavy atom. The summed E-state index contributed by atoms with van der Waals surface area (Å²) in [6, 6.07) is 6.32. The second-order valence-corrected chi connectivity index (χ2v) is 3.95. The summed E-state index contributed by atoms with van der Waals surface area (Å²) in [6.07, 6.45) is 0. The smallest absolute Gasteiger partial charge is 0.0551 e. The number of benzene rings is 1. The molecule has 1 atom stereocenters. The molecule has 0 saturated heterocycles. The van der Waals surface area contributed by atoms with E-state index in [1.165, 1.54) is 5.56 Å². The summed E-state index contributed by atoms with van der Waals surface area (Å²) in [4.78, 5) is 0. The maximum Gasteiger partial charge on any atom is 0.0551 e. The average Bonchev–Trinajstić information content (AvgIpc) is 2.08. The topological polar surface area (TPSA) is 12.0 Å². The molecule has 1 aromatic rings. The molecule has 0 saturated carbocycles. The van der Waals surface area contributed by atoms with E-state index in [1.54, 1.807) is 0 Å². The van der Waals surface area contributed by atoms with Crippen LogP contribution in [0.4, 0.5) is 0 Å². The lowest BCUT2D eigenvalue weighted by molar-refractivity contribution is 0.652. The molecule has 0 aliphatic rings. The molecule has 1 aromatic carbocycles. The van der Waals surface area contributed by atoms with Crippen molar-refractivity contribution in [2.24, 2.45) is 0 Å². The fraction of sp³-hybridized carbons (Fsp3) is 0.333. The molecule has 0 bridgehead atoms. The molecule has 1 unspecified atom stereocenters. The quantitative estimate of drug-likeness (QED) is 0.846. The van der Waals surface area contributed by atoms with Gasteiger partial charge < -0.3 is 5.32 Å². The van der Waals surface area contributed by atoms with Gasteiger partial charge in [0.1, 0.15) is 0 Å². The summed E-state index contributed by atoms with van der Waals surface area (Å²) in [5, 5.41) is 3.91. The van der Waals surface area contributed by atoms with Crippen molar-refractivity contribution >= 4 is 27.5 Å². The first-order valence-electron chi connectivity index (χ1n) is 3.77. The van der Waals surface area contributed by atoms with Crippen LogP contribution in [-0.2, 0) is 0 Å². The zero-order valence-electron chi connectivity index (χ0n) is 7.07. The number of rotatable bonds is 2. The van der Waals surface area contributed by atoms with Gasteiger partial charge in [-0.25, -0.2) is 0 Å². The molecule has 0 aliphatic heterocycles. The van der Waals surface area contributed by atoms with Crippen LogP contribution >= 0.6 is 27.5 Å². The molecular weight excluding hydrogens is 237 g/mol. The van der Waals surface area contributed by atoms with Crippen LogP contribution in [0.25, 0.3) is 0 Å². The minimum Gasteiger partial charge on any atom is -0.313 e. The number of halogens is 2. The Labute approximate surface area is 86.2 Å². The van der Waals surface area contributed by atoms with Crippen LogP contribution in [0.5, 0.6) is 0 Å². The van der Waals surface area contributed by atoms with Gasteiger partial charge in [-0.2, -0.15) is 0 Å². The Morgan fingerprint density at radius 1 is 1.50 bits per heavy atom. The predicted octanol–water partition coefficient (Wildman–Crippen LogP) is 3.38. The standard InChI is InChI=1S/C9H11BrClN/c1-6(12-2)7-3-4-8(10)9(11)5-7/h3-6,12H,1-2H3. The third-order valence-corrected chi connectivity index (χ3v) is 3.11. The van der Waals surface area contributed by atoms with E-state index >= 15 is 0 Å². The van der Waals surface area contributed by atoms with E-state index in [2.05, 4.69) is 34.2 Å². The van der Waals surface area contributed by atoms with E-state index in [0.717, 1.165) is 9.50 Å². The van der Waals surface area contributed by atoms with Crippen LogP contribution in [0.1, 0.15) is 18.5 Å². The Kier molecular flexibility index (Phi) is 3.56. The average molecular weight is 249 g/mol. The summed E-state index contributed by atoms with van der Waals surface area (Å²) < 4.78 is 0.941. The van der Waals surface area contributed by atoms with E-state index in [0.29, 0.717) is 6.04 Å². The highest BCUT2D eigenvalue weighted by atomic mass is 79.9. The van der Waals surface area contributed by atoms with Crippen molar-refractivity contribution in [2.45, 2.75) is 13.0 Å². The molecule has 1 nitrogen and oxygen atoms in total. The first-order valence-corrected chi connectivity index (χ1v) is 4.94. The van der Waals surface area contributed by atoms with E-state index in [9.17, 15) is 0 Å². The molecule has 0 spiro atoms. The molecular formula is C9H11BrClN. The molecule has 0 heterocycles. The molecule has 0 aromatic heterocycles. The van der Waals surface area contributed by atoms with Gasteiger partial charge in [-0.3, -0.25) is 0 Å². The Hall–Kier alpha value is -0.0500. The highest BCUT2D eigenvalue weighted by Crippen LogP contribution is 2.25. The second-order valence-electron chi connectivity index (χ2n) is 2.68. The van der Waals surface area contributed by atoms with Gasteiger partial charge in [0.25, 0.3) is 0 Å². The van der Waals surface area contributed by atoms with Crippen molar-refractivity contribution in [3.8, 4) is 0 Å². The predicted molar refractivity (Wildman–Crippen MR) is 56.6 cm³/mol. The first-order chi connectivity index (χ1) is 5.65. The lowest BCUT2D eigenvalue weighted by Crippen LogP contribution is -2.11. The van der Waals surface area contributed by atoms with Crippen LogP contribution in [0.2, 0.25) is 5.02 Å². The molecule has 1 rings (SSSR count). The van der Waals surface area contributed by atoms with E-state index < -0.39 is 0 Å². The summed E-state index contributed by atoms with van der Waals surface area (Å²) in [7, 11) is 1.93. The van der Waals surface area contributed by atoms with E-state index in [1.807, 2.05) is 19.2 Å². The van der Waals surface area contributed by atoms with Crippen LogP contribution < -0.4 is 5.32 Å². The molecule has 1 N–H and O–H groups in total. The van der Waals surface area contributed by atoms with Crippen LogP contribution in [-0.4, -0.2) is 7.05 Å². The molecule has 0 aliphatic carbocycles. The molecule has 0 amide bonds. The molecule has 66 valence electrons. The third-order valence-electron chi connectivity index (χ3n) is 1.88. The molecule has 0 radical (unpaired) electrons. The fourth-order valence-corrected chi connectivity index (χ4v) is 1.38. The number of hydrogen-bond acceptors (Lipinski definition) is 1. The summed E-state index contributed by atoms with van der Waals surface area (Å²) >= 11 is 9.29. The highest BCUT2D eigenvalue weighted by molar-refractivity contribution is 9.10. The SMILES string of the molecule is CNC(C)c1ccc(Br)c(Cl)c1. The maximum atomic E-state index is 5.94. The van der Waals surface area contributed by atoms with E-state index in [4.69, 9.17) is 11.6 Å². The molecule has 3 heteroatoms. The van der Waals surface area contributed by atoms with Gasteiger partial charge in [-0.05, 0) is 47.6 Å². The van der Waals surface area contributed by atoms with Crippen LogP contribution in [0.15, 0.2) is 22.7 Å². The van der Waals surface area contributed by atoms with Crippen molar-refractivity contribution in [3.63, 3.8) is 0 Å². The lowest BCUT2D eigenvalue weighted by atomic mass is 10.1. The lowest BCUT2D eigenvalue weighted by Gasteiger charge is -2.10.